The lowest BCUT2D eigenvalue weighted by atomic mass is 10.1. The number of benzene rings is 3. The molecule has 3 rings (SSSR count). The molecule has 0 N–H and O–H groups in total. The van der Waals surface area contributed by atoms with Gasteiger partial charge in [0, 0.05) is 13.1 Å². The highest BCUT2D eigenvalue weighted by Crippen LogP contribution is 2.20. The summed E-state index contributed by atoms with van der Waals surface area (Å²) in [7, 11) is 0. The SMILES string of the molecule is CC(C)(C)OC(=O)C[C@H](C(=O)OCc1ccccc1)N(Cc1ccccc1)Cc1ccccc1. The van der Waals surface area contributed by atoms with Crippen LogP contribution < -0.4 is 0 Å². The molecule has 0 radical (unpaired) electrons. The first-order valence-corrected chi connectivity index (χ1v) is 11.5. The van der Waals surface area contributed by atoms with Crippen LogP contribution in [0.25, 0.3) is 0 Å². The summed E-state index contributed by atoms with van der Waals surface area (Å²) in [5.74, 6) is -0.873. The molecule has 1 atom stereocenters. The molecule has 0 saturated heterocycles. The Balaban J connectivity index is 1.86. The van der Waals surface area contributed by atoms with Crippen molar-refractivity contribution in [1.29, 1.82) is 0 Å². The molecule has 0 bridgehead atoms. The van der Waals surface area contributed by atoms with Crippen LogP contribution in [0.4, 0.5) is 0 Å². The maximum Gasteiger partial charge on any atom is 0.324 e. The first-order chi connectivity index (χ1) is 16.3. The van der Waals surface area contributed by atoms with Crippen molar-refractivity contribution in [3.8, 4) is 0 Å². The predicted octanol–water partition coefficient (Wildman–Crippen LogP) is 5.53. The number of carbonyl (C=O) groups is 2. The number of nitrogens with zero attached hydrogens (tertiary/aromatic N) is 1. The second kappa shape index (κ2) is 12.1. The third-order valence-corrected chi connectivity index (χ3v) is 5.17. The van der Waals surface area contributed by atoms with Crippen LogP contribution in [0.3, 0.4) is 0 Å². The lowest BCUT2D eigenvalue weighted by Gasteiger charge is -2.31. The van der Waals surface area contributed by atoms with Gasteiger partial charge in [-0.3, -0.25) is 14.5 Å². The highest BCUT2D eigenvalue weighted by molar-refractivity contribution is 5.83. The van der Waals surface area contributed by atoms with Gasteiger partial charge in [0.15, 0.2) is 0 Å². The average Bonchev–Trinajstić information content (AvgIpc) is 2.81. The lowest BCUT2D eigenvalue weighted by molar-refractivity contribution is -0.163. The Hall–Kier alpha value is -3.44. The topological polar surface area (TPSA) is 55.8 Å². The smallest absolute Gasteiger partial charge is 0.324 e. The van der Waals surface area contributed by atoms with Crippen molar-refractivity contribution in [3.63, 3.8) is 0 Å². The van der Waals surface area contributed by atoms with E-state index >= 15 is 0 Å². The van der Waals surface area contributed by atoms with Gasteiger partial charge in [-0.2, -0.15) is 0 Å². The van der Waals surface area contributed by atoms with Crippen LogP contribution in [0.5, 0.6) is 0 Å². The maximum atomic E-state index is 13.4. The molecule has 0 aromatic heterocycles. The quantitative estimate of drug-likeness (QED) is 0.373. The zero-order valence-electron chi connectivity index (χ0n) is 20.1. The van der Waals surface area contributed by atoms with Crippen molar-refractivity contribution in [1.82, 2.24) is 4.90 Å². The van der Waals surface area contributed by atoms with Gasteiger partial charge < -0.3 is 9.47 Å². The van der Waals surface area contributed by atoms with Gasteiger partial charge in [0.05, 0.1) is 6.42 Å². The minimum atomic E-state index is -0.793. The van der Waals surface area contributed by atoms with Crippen LogP contribution >= 0.6 is 0 Å². The standard InChI is InChI=1S/C29H33NO4/c1-29(2,3)34-27(31)19-26(28(32)33-22-25-17-11-6-12-18-25)30(20-23-13-7-4-8-14-23)21-24-15-9-5-10-16-24/h4-18,26H,19-22H2,1-3H3/t26-/m1/s1. The monoisotopic (exact) mass is 459 g/mol. The van der Waals surface area contributed by atoms with Crippen LogP contribution in [-0.2, 0) is 38.8 Å². The van der Waals surface area contributed by atoms with E-state index in [0.29, 0.717) is 13.1 Å². The summed E-state index contributed by atoms with van der Waals surface area (Å²) in [5, 5.41) is 0. The third kappa shape index (κ3) is 8.49. The Bertz CT molecular complexity index is 988. The molecule has 0 heterocycles. The van der Waals surface area contributed by atoms with E-state index < -0.39 is 23.6 Å². The van der Waals surface area contributed by atoms with E-state index in [1.54, 1.807) is 0 Å². The second-order valence-corrected chi connectivity index (χ2v) is 9.28. The fraction of sp³-hybridized carbons (Fsp3) is 0.310. The molecule has 0 aliphatic heterocycles. The molecule has 0 unspecified atom stereocenters. The predicted molar refractivity (Wildman–Crippen MR) is 133 cm³/mol. The first kappa shape index (κ1) is 25.2. The third-order valence-electron chi connectivity index (χ3n) is 5.17. The molecule has 5 heteroatoms. The maximum absolute atomic E-state index is 13.4. The van der Waals surface area contributed by atoms with E-state index in [0.717, 1.165) is 16.7 Å². The Morgan fingerprint density at radius 1 is 0.735 bits per heavy atom. The number of esters is 2. The molecule has 0 spiro atoms. The molecule has 178 valence electrons. The number of hydrogen-bond donors (Lipinski definition) is 0. The largest absolute Gasteiger partial charge is 0.460 e. The second-order valence-electron chi connectivity index (χ2n) is 9.28. The van der Waals surface area contributed by atoms with E-state index in [-0.39, 0.29) is 13.0 Å². The molecule has 3 aromatic carbocycles. The summed E-state index contributed by atoms with van der Waals surface area (Å²) in [6, 6.07) is 28.6. The fourth-order valence-corrected chi connectivity index (χ4v) is 3.64. The normalized spacial score (nSPS) is 12.2. The number of carbonyl (C=O) groups excluding carboxylic acids is 2. The van der Waals surface area contributed by atoms with Crippen molar-refractivity contribution in [2.45, 2.75) is 58.5 Å². The van der Waals surface area contributed by atoms with E-state index in [1.807, 2.05) is 117 Å². The highest BCUT2D eigenvalue weighted by Gasteiger charge is 2.32. The Kier molecular flexibility index (Phi) is 9.00. The Labute approximate surface area is 202 Å². The molecule has 5 nitrogen and oxygen atoms in total. The first-order valence-electron chi connectivity index (χ1n) is 11.5. The van der Waals surface area contributed by atoms with E-state index in [1.165, 1.54) is 0 Å². The molecule has 0 aliphatic rings. The van der Waals surface area contributed by atoms with E-state index in [2.05, 4.69) is 0 Å². The fourth-order valence-electron chi connectivity index (χ4n) is 3.64. The van der Waals surface area contributed by atoms with Gasteiger partial charge in [-0.25, -0.2) is 0 Å². The van der Waals surface area contributed by atoms with Crippen LogP contribution in [0, 0.1) is 0 Å². The van der Waals surface area contributed by atoms with Gasteiger partial charge in [0.25, 0.3) is 0 Å². The van der Waals surface area contributed by atoms with E-state index in [9.17, 15) is 9.59 Å². The summed E-state index contributed by atoms with van der Waals surface area (Å²) < 4.78 is 11.2. The van der Waals surface area contributed by atoms with Crippen LogP contribution in [0.1, 0.15) is 43.9 Å². The summed E-state index contributed by atoms with van der Waals surface area (Å²) in [6.45, 7) is 6.58. The minimum absolute atomic E-state index is 0.0927. The number of hydrogen-bond acceptors (Lipinski definition) is 5. The van der Waals surface area contributed by atoms with Crippen LogP contribution in [0.15, 0.2) is 91.0 Å². The zero-order chi connectivity index (χ0) is 24.4. The molecular weight excluding hydrogens is 426 g/mol. The summed E-state index contributed by atoms with van der Waals surface area (Å²) in [5.41, 5.74) is 2.34. The molecule has 0 aliphatic carbocycles. The Morgan fingerprint density at radius 3 is 1.62 bits per heavy atom. The molecule has 34 heavy (non-hydrogen) atoms. The minimum Gasteiger partial charge on any atom is -0.460 e. The lowest BCUT2D eigenvalue weighted by Crippen LogP contribution is -2.43. The van der Waals surface area contributed by atoms with Crippen LogP contribution in [-0.4, -0.2) is 28.5 Å². The van der Waals surface area contributed by atoms with Crippen molar-refractivity contribution >= 4 is 11.9 Å². The zero-order valence-corrected chi connectivity index (χ0v) is 20.1. The number of rotatable bonds is 10. The average molecular weight is 460 g/mol. The van der Waals surface area contributed by atoms with Crippen molar-refractivity contribution in [2.24, 2.45) is 0 Å². The molecule has 3 aromatic rings. The van der Waals surface area contributed by atoms with E-state index in [4.69, 9.17) is 9.47 Å². The van der Waals surface area contributed by atoms with Crippen LogP contribution in [0.2, 0.25) is 0 Å². The van der Waals surface area contributed by atoms with Crippen molar-refractivity contribution in [2.75, 3.05) is 0 Å². The molecule has 0 saturated carbocycles. The molecule has 0 fully saturated rings. The summed E-state index contributed by atoms with van der Waals surface area (Å²) in [4.78, 5) is 28.2. The molecular formula is C29H33NO4. The van der Waals surface area contributed by atoms with Gasteiger partial charge in [-0.1, -0.05) is 91.0 Å². The Morgan fingerprint density at radius 2 is 1.18 bits per heavy atom. The summed E-state index contributed by atoms with van der Waals surface area (Å²) in [6.07, 6.45) is -0.0927. The van der Waals surface area contributed by atoms with Gasteiger partial charge in [-0.05, 0) is 37.5 Å². The van der Waals surface area contributed by atoms with Gasteiger partial charge in [-0.15, -0.1) is 0 Å². The molecule has 0 amide bonds. The van der Waals surface area contributed by atoms with Crippen molar-refractivity contribution < 1.29 is 19.1 Å². The van der Waals surface area contributed by atoms with Gasteiger partial charge >= 0.3 is 11.9 Å². The number of ether oxygens (including phenoxy) is 2. The van der Waals surface area contributed by atoms with Crippen molar-refractivity contribution in [3.05, 3.63) is 108 Å². The summed E-state index contributed by atoms with van der Waals surface area (Å²) >= 11 is 0. The van der Waals surface area contributed by atoms with Gasteiger partial charge in [0.2, 0.25) is 0 Å². The van der Waals surface area contributed by atoms with Gasteiger partial charge in [0.1, 0.15) is 18.2 Å². The highest BCUT2D eigenvalue weighted by atomic mass is 16.6.